The second-order valence-corrected chi connectivity index (χ2v) is 19.5. The van der Waals surface area contributed by atoms with Gasteiger partial charge in [-0.25, -0.2) is 4.79 Å². The van der Waals surface area contributed by atoms with Crippen LogP contribution >= 0.6 is 0 Å². The summed E-state index contributed by atoms with van der Waals surface area (Å²) in [5.74, 6) is -0.355. The lowest BCUT2D eigenvalue weighted by molar-refractivity contribution is -0.135. The predicted octanol–water partition coefficient (Wildman–Crippen LogP) is 6.20. The molecule has 0 aromatic rings. The van der Waals surface area contributed by atoms with Gasteiger partial charge in [0.05, 0.1) is 0 Å². The Morgan fingerprint density at radius 2 is 1.27 bits per heavy atom. The molecule has 0 aromatic carbocycles. The van der Waals surface area contributed by atoms with Gasteiger partial charge in [-0.1, -0.05) is 47.6 Å². The van der Waals surface area contributed by atoms with Crippen molar-refractivity contribution < 1.29 is 18.4 Å². The van der Waals surface area contributed by atoms with Crippen LogP contribution in [-0.2, 0) is 18.4 Å². The molecule has 6 heteroatoms. The van der Waals surface area contributed by atoms with E-state index in [9.17, 15) is 9.59 Å². The molecule has 152 valence electrons. The number of hydrogen-bond acceptors (Lipinski definition) is 4. The van der Waals surface area contributed by atoms with E-state index in [1.807, 2.05) is 6.08 Å². The Labute approximate surface area is 163 Å². The predicted molar refractivity (Wildman–Crippen MR) is 114 cm³/mol. The molecule has 0 spiro atoms. The van der Waals surface area contributed by atoms with Crippen molar-refractivity contribution in [3.05, 3.63) is 12.2 Å². The van der Waals surface area contributed by atoms with Crippen LogP contribution < -0.4 is 0 Å². The van der Waals surface area contributed by atoms with Crippen molar-refractivity contribution in [2.75, 3.05) is 0 Å². The van der Waals surface area contributed by atoms with E-state index in [1.54, 1.807) is 0 Å². The van der Waals surface area contributed by atoms with Gasteiger partial charge in [-0.15, -0.1) is 0 Å². The zero-order valence-electron chi connectivity index (χ0n) is 18.6. The van der Waals surface area contributed by atoms with Gasteiger partial charge in [-0.3, -0.25) is 4.79 Å². The Balaban J connectivity index is 4.16. The molecule has 0 rings (SSSR count). The third-order valence-electron chi connectivity index (χ3n) is 5.59. The summed E-state index contributed by atoms with van der Waals surface area (Å²) in [6.45, 7) is 21.0. The quantitative estimate of drug-likeness (QED) is 0.276. The number of allylic oxidation sites excluding steroid dienone is 1. The fourth-order valence-electron chi connectivity index (χ4n) is 1.64. The van der Waals surface area contributed by atoms with E-state index >= 15 is 0 Å². The highest BCUT2D eigenvalue weighted by Gasteiger charge is 2.40. The lowest BCUT2D eigenvalue weighted by Crippen LogP contribution is -2.42. The van der Waals surface area contributed by atoms with E-state index in [-0.39, 0.29) is 22.0 Å². The molecule has 0 aliphatic heterocycles. The highest BCUT2D eigenvalue weighted by molar-refractivity contribution is 6.75. The van der Waals surface area contributed by atoms with Crippen molar-refractivity contribution in [2.24, 2.45) is 0 Å². The summed E-state index contributed by atoms with van der Waals surface area (Å²) in [6.07, 6.45) is 6.20. The SMILES string of the molecule is CC(C)(C)[Si](C)(C)OC(=O)/C=C/CCCCC(=O)O[Si](C)(C)C(C)(C)C. The third kappa shape index (κ3) is 8.67. The third-order valence-corrected chi connectivity index (χ3v) is 14.3. The lowest BCUT2D eigenvalue weighted by atomic mass is 10.2. The number of carbonyl (C=O) groups is 2. The number of carbonyl (C=O) groups excluding carboxylic acids is 2. The molecule has 4 nitrogen and oxygen atoms in total. The molecule has 0 N–H and O–H groups in total. The highest BCUT2D eigenvalue weighted by Crippen LogP contribution is 2.37. The van der Waals surface area contributed by atoms with Crippen molar-refractivity contribution in [2.45, 2.75) is 103 Å². The minimum Gasteiger partial charge on any atom is -0.519 e. The van der Waals surface area contributed by atoms with Crippen molar-refractivity contribution in [1.82, 2.24) is 0 Å². The summed E-state index contributed by atoms with van der Waals surface area (Å²) in [4.78, 5) is 24.0. The smallest absolute Gasteiger partial charge is 0.317 e. The molecule has 0 fully saturated rings. The van der Waals surface area contributed by atoms with Gasteiger partial charge in [0.2, 0.25) is 0 Å². The molecular weight excluding hydrogens is 360 g/mol. The van der Waals surface area contributed by atoms with E-state index in [0.29, 0.717) is 6.42 Å². The van der Waals surface area contributed by atoms with Gasteiger partial charge >= 0.3 is 5.97 Å². The van der Waals surface area contributed by atoms with Gasteiger partial charge < -0.3 is 8.85 Å². The van der Waals surface area contributed by atoms with E-state index in [1.165, 1.54) is 6.08 Å². The van der Waals surface area contributed by atoms with Gasteiger partial charge in [0.25, 0.3) is 22.6 Å². The fraction of sp³-hybridized carbons (Fsp3) is 0.800. The Kier molecular flexibility index (Phi) is 9.03. The second-order valence-electron chi connectivity index (χ2n) is 10.1. The average molecular weight is 401 g/mol. The lowest BCUT2D eigenvalue weighted by Gasteiger charge is -2.35. The van der Waals surface area contributed by atoms with E-state index < -0.39 is 16.6 Å². The first kappa shape index (κ1) is 25.1. The molecule has 0 amide bonds. The number of hydrogen-bond donors (Lipinski definition) is 0. The van der Waals surface area contributed by atoms with E-state index in [4.69, 9.17) is 8.85 Å². The molecule has 0 saturated heterocycles. The summed E-state index contributed by atoms with van der Waals surface area (Å²) >= 11 is 0. The molecule has 0 aliphatic carbocycles. The van der Waals surface area contributed by atoms with Crippen LogP contribution in [0.5, 0.6) is 0 Å². The summed E-state index contributed by atoms with van der Waals surface area (Å²) < 4.78 is 11.4. The largest absolute Gasteiger partial charge is 0.519 e. The van der Waals surface area contributed by atoms with Crippen LogP contribution in [0.2, 0.25) is 36.3 Å². The molecular formula is C20H40O4Si2. The van der Waals surface area contributed by atoms with Gasteiger partial charge in [0.15, 0.2) is 0 Å². The van der Waals surface area contributed by atoms with Gasteiger partial charge in [0, 0.05) is 12.5 Å². The van der Waals surface area contributed by atoms with E-state index in [2.05, 4.69) is 67.7 Å². The number of rotatable bonds is 8. The Bertz CT molecular complexity index is 509. The first-order chi connectivity index (χ1) is 11.5. The first-order valence-corrected chi connectivity index (χ1v) is 15.4. The molecule has 0 atom stereocenters. The van der Waals surface area contributed by atoms with Crippen LogP contribution in [0.4, 0.5) is 0 Å². The van der Waals surface area contributed by atoms with Crippen molar-refractivity contribution in [1.29, 1.82) is 0 Å². The molecule has 0 heterocycles. The highest BCUT2D eigenvalue weighted by atomic mass is 28.4. The molecule has 0 aromatic heterocycles. The first-order valence-electron chi connectivity index (χ1n) is 9.61. The van der Waals surface area contributed by atoms with Crippen LogP contribution in [-0.4, -0.2) is 28.6 Å². The fourth-order valence-corrected chi connectivity index (χ4v) is 3.49. The summed E-state index contributed by atoms with van der Waals surface area (Å²) in [5, 5.41) is 0.0525. The van der Waals surface area contributed by atoms with Crippen molar-refractivity contribution in [3.8, 4) is 0 Å². The molecule has 0 bridgehead atoms. The van der Waals surface area contributed by atoms with E-state index in [0.717, 1.165) is 19.3 Å². The van der Waals surface area contributed by atoms with Gasteiger partial charge in [0.1, 0.15) is 0 Å². The van der Waals surface area contributed by atoms with Crippen LogP contribution in [0.3, 0.4) is 0 Å². The summed E-state index contributed by atoms with van der Waals surface area (Å²) in [5.41, 5.74) is 0. The van der Waals surface area contributed by atoms with Crippen LogP contribution in [0, 0.1) is 0 Å². The monoisotopic (exact) mass is 400 g/mol. The maximum absolute atomic E-state index is 12.0. The van der Waals surface area contributed by atoms with Crippen molar-refractivity contribution in [3.63, 3.8) is 0 Å². The molecule has 26 heavy (non-hydrogen) atoms. The standard InChI is InChI=1S/C20H40O4Si2/c1-19(2,3)25(7,8)23-17(21)15-13-11-12-14-16-18(22)24-26(9,10)20(4,5)6/h13,15H,11-12,14,16H2,1-10H3/b15-13+. The Morgan fingerprint density at radius 1 is 0.808 bits per heavy atom. The van der Waals surface area contributed by atoms with Gasteiger partial charge in [-0.05, 0) is 55.5 Å². The zero-order chi connectivity index (χ0) is 20.8. The van der Waals surface area contributed by atoms with Crippen molar-refractivity contribution >= 4 is 28.6 Å². The summed E-state index contributed by atoms with van der Waals surface area (Å²) in [6, 6.07) is 0. The average Bonchev–Trinajstić information content (AvgIpc) is 2.38. The minimum atomic E-state index is -2.05. The van der Waals surface area contributed by atoms with Crippen LogP contribution in [0.1, 0.15) is 67.2 Å². The second kappa shape index (κ2) is 9.35. The zero-order valence-corrected chi connectivity index (χ0v) is 20.6. The molecule has 0 unspecified atom stereocenters. The maximum Gasteiger partial charge on any atom is 0.317 e. The topological polar surface area (TPSA) is 52.6 Å². The normalized spacial score (nSPS) is 13.8. The Morgan fingerprint density at radius 3 is 1.73 bits per heavy atom. The Hall–Kier alpha value is -0.886. The van der Waals surface area contributed by atoms with Crippen LogP contribution in [0.15, 0.2) is 12.2 Å². The number of unbranched alkanes of at least 4 members (excludes halogenated alkanes) is 2. The molecule has 0 aliphatic rings. The molecule has 0 radical (unpaired) electrons. The minimum absolute atomic E-state index is 0.0149. The maximum atomic E-state index is 12.0. The molecule has 0 saturated carbocycles. The van der Waals surface area contributed by atoms with Crippen LogP contribution in [0.25, 0.3) is 0 Å². The summed E-state index contributed by atoms with van der Waals surface area (Å²) in [7, 11) is -4.07. The van der Waals surface area contributed by atoms with Gasteiger partial charge in [-0.2, -0.15) is 0 Å².